The molecule has 0 amide bonds. The highest BCUT2D eigenvalue weighted by molar-refractivity contribution is 6.29. The molecule has 0 aromatic carbocycles. The smallest absolute Gasteiger partial charge is 0.182 e. The van der Waals surface area contributed by atoms with Gasteiger partial charge in [-0.15, -0.1) is 20.4 Å². The molecular formula is C21H31ClN10. The van der Waals surface area contributed by atoms with Crippen LogP contribution in [-0.2, 0) is 0 Å². The first-order valence-corrected chi connectivity index (χ1v) is 10.00. The third kappa shape index (κ3) is 8.31. The standard InChI is InChI=1S/C10H13N5.C5H5ClN2.C5H9N3.CH4/c1-7(2)15-6-12-14-10(15)8-4-3-5-9(11)13-8;6-4-2-1-3-5(7)8-4;1-5(2)8-3-6-7-4-8;/h3-7H,1-2H3,(H2,11,13);1-3H,(H2,7,8);3-5H,1-2H3;1H4. The Morgan fingerprint density at radius 2 is 1.38 bits per heavy atom. The van der Waals surface area contributed by atoms with E-state index in [0.29, 0.717) is 28.9 Å². The highest BCUT2D eigenvalue weighted by Gasteiger charge is 2.10. The second kappa shape index (κ2) is 13.0. The third-order valence-electron chi connectivity index (χ3n) is 3.90. The summed E-state index contributed by atoms with van der Waals surface area (Å²) >= 11 is 5.45. The average Bonchev–Trinajstić information content (AvgIpc) is 3.41. The Bertz CT molecular complexity index is 1030. The van der Waals surface area contributed by atoms with Crippen molar-refractivity contribution in [3.8, 4) is 11.5 Å². The number of nitrogens with two attached hydrogens (primary N) is 2. The van der Waals surface area contributed by atoms with Crippen molar-refractivity contribution < 1.29 is 0 Å². The fourth-order valence-electron chi connectivity index (χ4n) is 2.28. The van der Waals surface area contributed by atoms with Crippen LogP contribution in [0.5, 0.6) is 0 Å². The van der Waals surface area contributed by atoms with Crippen LogP contribution in [0.2, 0.25) is 5.15 Å². The molecule has 0 unspecified atom stereocenters. The molecule has 0 radical (unpaired) electrons. The first-order chi connectivity index (χ1) is 14.8. The fourth-order valence-corrected chi connectivity index (χ4v) is 2.45. The van der Waals surface area contributed by atoms with Crippen LogP contribution < -0.4 is 11.5 Å². The van der Waals surface area contributed by atoms with Gasteiger partial charge in [-0.2, -0.15) is 0 Å². The molecule has 4 aromatic heterocycles. The van der Waals surface area contributed by atoms with Crippen LogP contribution >= 0.6 is 11.6 Å². The van der Waals surface area contributed by atoms with E-state index in [1.165, 1.54) is 0 Å². The van der Waals surface area contributed by atoms with Gasteiger partial charge in [0.05, 0.1) is 0 Å². The Balaban J connectivity index is 0.000000257. The average molecular weight is 459 g/mol. The van der Waals surface area contributed by atoms with E-state index in [1.807, 2.05) is 21.3 Å². The maximum atomic E-state index is 5.62. The Morgan fingerprint density at radius 3 is 1.81 bits per heavy atom. The van der Waals surface area contributed by atoms with Gasteiger partial charge >= 0.3 is 0 Å². The molecule has 4 rings (SSSR count). The van der Waals surface area contributed by atoms with Crippen LogP contribution in [0.15, 0.2) is 55.4 Å². The van der Waals surface area contributed by atoms with Gasteiger partial charge in [-0.05, 0) is 52.0 Å². The van der Waals surface area contributed by atoms with Crippen molar-refractivity contribution in [2.45, 2.75) is 47.2 Å². The summed E-state index contributed by atoms with van der Waals surface area (Å²) in [6, 6.07) is 11.4. The fraction of sp³-hybridized carbons (Fsp3) is 0.333. The zero-order valence-electron chi connectivity index (χ0n) is 18.0. The first-order valence-electron chi connectivity index (χ1n) is 9.62. The Kier molecular flexibility index (Phi) is 10.8. The highest BCUT2D eigenvalue weighted by Crippen LogP contribution is 2.18. The van der Waals surface area contributed by atoms with E-state index in [-0.39, 0.29) is 7.43 Å². The minimum atomic E-state index is 0. The molecule has 0 spiro atoms. The number of nitrogen functional groups attached to an aromatic ring is 2. The predicted molar refractivity (Wildman–Crippen MR) is 129 cm³/mol. The van der Waals surface area contributed by atoms with Crippen LogP contribution in [-0.4, -0.2) is 39.5 Å². The number of anilines is 2. The summed E-state index contributed by atoms with van der Waals surface area (Å²) in [6.45, 7) is 8.31. The van der Waals surface area contributed by atoms with Gasteiger partial charge in [0.1, 0.15) is 41.5 Å². The van der Waals surface area contributed by atoms with Gasteiger partial charge in [0.25, 0.3) is 0 Å². The lowest BCUT2D eigenvalue weighted by molar-refractivity contribution is 0.597. The molecule has 0 aliphatic heterocycles. The summed E-state index contributed by atoms with van der Waals surface area (Å²) in [4.78, 5) is 7.93. The molecular weight excluding hydrogens is 428 g/mol. The van der Waals surface area contributed by atoms with Crippen molar-refractivity contribution in [2.24, 2.45) is 0 Å². The van der Waals surface area contributed by atoms with Gasteiger partial charge in [-0.3, -0.25) is 0 Å². The minimum Gasteiger partial charge on any atom is -0.384 e. The number of nitrogens with zero attached hydrogens (tertiary/aromatic N) is 8. The molecule has 0 bridgehead atoms. The topological polar surface area (TPSA) is 139 Å². The molecule has 4 heterocycles. The Labute approximate surface area is 193 Å². The normalized spacial score (nSPS) is 9.97. The van der Waals surface area contributed by atoms with Crippen molar-refractivity contribution in [1.29, 1.82) is 0 Å². The molecule has 0 fully saturated rings. The molecule has 4 aromatic rings. The van der Waals surface area contributed by atoms with Gasteiger partial charge in [0.2, 0.25) is 0 Å². The molecule has 4 N–H and O–H groups in total. The molecule has 0 atom stereocenters. The van der Waals surface area contributed by atoms with Crippen molar-refractivity contribution >= 4 is 23.2 Å². The lowest BCUT2D eigenvalue weighted by Crippen LogP contribution is -2.03. The molecule has 10 nitrogen and oxygen atoms in total. The van der Waals surface area contributed by atoms with Crippen molar-refractivity contribution in [1.82, 2.24) is 39.5 Å². The zero-order valence-corrected chi connectivity index (χ0v) is 18.7. The third-order valence-corrected chi connectivity index (χ3v) is 4.11. The van der Waals surface area contributed by atoms with E-state index >= 15 is 0 Å². The minimum absolute atomic E-state index is 0. The van der Waals surface area contributed by atoms with Crippen molar-refractivity contribution in [2.75, 3.05) is 11.5 Å². The first kappa shape index (κ1) is 26.5. The van der Waals surface area contributed by atoms with Crippen LogP contribution in [0.3, 0.4) is 0 Å². The summed E-state index contributed by atoms with van der Waals surface area (Å²) in [5.41, 5.74) is 11.6. The van der Waals surface area contributed by atoms with Gasteiger partial charge in [0, 0.05) is 12.1 Å². The number of pyridine rings is 2. The van der Waals surface area contributed by atoms with E-state index in [1.54, 1.807) is 43.2 Å². The van der Waals surface area contributed by atoms with E-state index in [0.717, 1.165) is 11.5 Å². The molecule has 0 saturated carbocycles. The van der Waals surface area contributed by atoms with Gasteiger partial charge < -0.3 is 20.6 Å². The predicted octanol–water partition coefficient (Wildman–Crippen LogP) is 4.32. The maximum absolute atomic E-state index is 5.62. The quantitative estimate of drug-likeness (QED) is 0.432. The molecule has 0 saturated heterocycles. The summed E-state index contributed by atoms with van der Waals surface area (Å²) in [5.74, 6) is 1.70. The van der Waals surface area contributed by atoms with Crippen molar-refractivity contribution in [3.63, 3.8) is 0 Å². The second-order valence-electron chi connectivity index (χ2n) is 6.99. The van der Waals surface area contributed by atoms with E-state index in [2.05, 4.69) is 58.1 Å². The monoisotopic (exact) mass is 458 g/mol. The number of hydrogen-bond acceptors (Lipinski definition) is 8. The molecule has 0 aliphatic carbocycles. The van der Waals surface area contributed by atoms with E-state index in [4.69, 9.17) is 23.1 Å². The number of aromatic nitrogens is 8. The Morgan fingerprint density at radius 1 is 0.781 bits per heavy atom. The SMILES string of the molecule is C.CC(C)n1cnnc1.CC(C)n1cnnc1-c1cccc(N)n1.Nc1cccc(Cl)n1. The van der Waals surface area contributed by atoms with Crippen LogP contribution in [0.1, 0.15) is 47.2 Å². The van der Waals surface area contributed by atoms with Gasteiger partial charge in [0.15, 0.2) is 5.82 Å². The number of hydrogen-bond donors (Lipinski definition) is 2. The number of halogens is 1. The molecule has 32 heavy (non-hydrogen) atoms. The summed E-state index contributed by atoms with van der Waals surface area (Å²) in [5, 5.41) is 15.7. The van der Waals surface area contributed by atoms with Crippen LogP contribution in [0.25, 0.3) is 11.5 Å². The summed E-state index contributed by atoms with van der Waals surface area (Å²) < 4.78 is 3.90. The van der Waals surface area contributed by atoms with E-state index in [9.17, 15) is 0 Å². The lowest BCUT2D eigenvalue weighted by atomic mass is 10.3. The maximum Gasteiger partial charge on any atom is 0.182 e. The van der Waals surface area contributed by atoms with Gasteiger partial charge in [-0.1, -0.05) is 31.2 Å². The molecule has 172 valence electrons. The summed E-state index contributed by atoms with van der Waals surface area (Å²) in [7, 11) is 0. The molecule has 11 heteroatoms. The summed E-state index contributed by atoms with van der Waals surface area (Å²) in [6.07, 6.45) is 5.13. The second-order valence-corrected chi connectivity index (χ2v) is 7.38. The largest absolute Gasteiger partial charge is 0.384 e. The zero-order chi connectivity index (χ0) is 22.8. The lowest BCUT2D eigenvalue weighted by Gasteiger charge is -2.09. The van der Waals surface area contributed by atoms with Crippen molar-refractivity contribution in [3.05, 3.63) is 60.5 Å². The number of rotatable bonds is 3. The molecule has 0 aliphatic rings. The highest BCUT2D eigenvalue weighted by atomic mass is 35.5. The van der Waals surface area contributed by atoms with Crippen LogP contribution in [0.4, 0.5) is 11.6 Å². The van der Waals surface area contributed by atoms with Crippen LogP contribution in [0, 0.1) is 0 Å². The van der Waals surface area contributed by atoms with E-state index < -0.39 is 0 Å². The van der Waals surface area contributed by atoms with Gasteiger partial charge in [-0.25, -0.2) is 9.97 Å². The Hall–Kier alpha value is -3.53.